The van der Waals surface area contributed by atoms with Gasteiger partial charge in [-0.05, 0) is 19.1 Å². The molecule has 0 unspecified atom stereocenters. The van der Waals surface area contributed by atoms with Crippen LogP contribution in [-0.4, -0.2) is 44.2 Å². The fourth-order valence-electron chi connectivity index (χ4n) is 1.96. The first-order chi connectivity index (χ1) is 7.84. The second-order valence-electron chi connectivity index (χ2n) is 4.28. The summed E-state index contributed by atoms with van der Waals surface area (Å²) in [6, 6.07) is 4.41. The fourth-order valence-corrected chi connectivity index (χ4v) is 2.82. The molecule has 2 N–H and O–H groups in total. The normalized spacial score (nSPS) is 17.8. The summed E-state index contributed by atoms with van der Waals surface area (Å²) in [5.41, 5.74) is 0. The fraction of sp³-hybridized carbons (Fsp3) is 0.667. The van der Waals surface area contributed by atoms with Gasteiger partial charge in [-0.25, -0.2) is 0 Å². The Morgan fingerprint density at radius 1 is 1.38 bits per heavy atom. The Hall–Kier alpha value is -0.420. The molecule has 1 aromatic rings. The van der Waals surface area contributed by atoms with Crippen molar-refractivity contribution in [3.63, 3.8) is 0 Å². The minimum absolute atomic E-state index is 1.02. The first-order valence-corrected chi connectivity index (χ1v) is 6.85. The van der Waals surface area contributed by atoms with Gasteiger partial charge in [0.05, 0.1) is 0 Å². The van der Waals surface area contributed by atoms with Crippen LogP contribution < -0.4 is 10.6 Å². The van der Waals surface area contributed by atoms with Crippen molar-refractivity contribution in [1.82, 2.24) is 15.5 Å². The predicted molar refractivity (Wildman–Crippen MR) is 70.1 cm³/mol. The highest BCUT2D eigenvalue weighted by Gasteiger charge is 2.07. The molecule has 1 aromatic heterocycles. The van der Waals surface area contributed by atoms with Gasteiger partial charge in [-0.2, -0.15) is 0 Å². The second-order valence-corrected chi connectivity index (χ2v) is 5.65. The Morgan fingerprint density at radius 3 is 2.88 bits per heavy atom. The third kappa shape index (κ3) is 3.87. The van der Waals surface area contributed by atoms with E-state index in [1.165, 1.54) is 29.4 Å². The lowest BCUT2D eigenvalue weighted by molar-refractivity contribution is 0.241. The molecular formula is C12H21N3S. The average molecular weight is 239 g/mol. The number of aryl methyl sites for hydroxylation is 1. The van der Waals surface area contributed by atoms with E-state index in [1.54, 1.807) is 0 Å². The SMILES string of the molecule is Cc1ccc(CNCCN2CCNCC2)s1. The Bertz CT molecular complexity index is 305. The van der Waals surface area contributed by atoms with Gasteiger partial charge >= 0.3 is 0 Å². The zero-order chi connectivity index (χ0) is 11.2. The quantitative estimate of drug-likeness (QED) is 0.752. The van der Waals surface area contributed by atoms with Gasteiger partial charge in [0.15, 0.2) is 0 Å². The molecule has 0 bridgehead atoms. The molecule has 0 aliphatic carbocycles. The first-order valence-electron chi connectivity index (χ1n) is 6.04. The largest absolute Gasteiger partial charge is 0.314 e. The number of hydrogen-bond acceptors (Lipinski definition) is 4. The van der Waals surface area contributed by atoms with Gasteiger partial charge in [-0.15, -0.1) is 11.3 Å². The molecule has 90 valence electrons. The average Bonchev–Trinajstić information content (AvgIpc) is 2.72. The van der Waals surface area contributed by atoms with Crippen molar-refractivity contribution in [3.05, 3.63) is 21.9 Å². The van der Waals surface area contributed by atoms with E-state index in [9.17, 15) is 0 Å². The van der Waals surface area contributed by atoms with E-state index in [1.807, 2.05) is 11.3 Å². The standard InChI is InChI=1S/C12H21N3S/c1-11-2-3-12(16-11)10-14-6-9-15-7-4-13-5-8-15/h2-3,13-14H,4-10H2,1H3. The maximum Gasteiger partial charge on any atom is 0.0300 e. The molecule has 1 saturated heterocycles. The van der Waals surface area contributed by atoms with Gasteiger partial charge in [0.25, 0.3) is 0 Å². The highest BCUT2D eigenvalue weighted by Crippen LogP contribution is 2.14. The third-order valence-electron chi connectivity index (χ3n) is 2.91. The smallest absolute Gasteiger partial charge is 0.0300 e. The molecule has 0 radical (unpaired) electrons. The maximum absolute atomic E-state index is 3.51. The van der Waals surface area contributed by atoms with E-state index >= 15 is 0 Å². The molecule has 0 spiro atoms. The van der Waals surface area contributed by atoms with Crippen LogP contribution in [0, 0.1) is 6.92 Å². The minimum atomic E-state index is 1.02. The molecule has 0 amide bonds. The lowest BCUT2D eigenvalue weighted by Crippen LogP contribution is -2.45. The number of piperazine rings is 1. The third-order valence-corrected chi connectivity index (χ3v) is 3.91. The molecule has 2 heterocycles. The molecule has 0 aromatic carbocycles. The van der Waals surface area contributed by atoms with Crippen LogP contribution in [0.25, 0.3) is 0 Å². The lowest BCUT2D eigenvalue weighted by Gasteiger charge is -2.27. The Kier molecular flexibility index (Phi) is 4.78. The van der Waals surface area contributed by atoms with Gasteiger partial charge in [0.2, 0.25) is 0 Å². The van der Waals surface area contributed by atoms with Gasteiger partial charge in [0, 0.05) is 55.6 Å². The molecule has 4 heteroatoms. The van der Waals surface area contributed by atoms with Crippen LogP contribution in [0.3, 0.4) is 0 Å². The van der Waals surface area contributed by atoms with Crippen molar-refractivity contribution in [1.29, 1.82) is 0 Å². The van der Waals surface area contributed by atoms with Gasteiger partial charge in [-0.3, -0.25) is 4.90 Å². The van der Waals surface area contributed by atoms with E-state index in [4.69, 9.17) is 0 Å². The first kappa shape index (κ1) is 12.0. The molecule has 0 saturated carbocycles. The lowest BCUT2D eigenvalue weighted by atomic mass is 10.3. The van der Waals surface area contributed by atoms with Crippen molar-refractivity contribution in [3.8, 4) is 0 Å². The molecule has 1 fully saturated rings. The summed E-state index contributed by atoms with van der Waals surface area (Å²) in [7, 11) is 0. The summed E-state index contributed by atoms with van der Waals surface area (Å²) in [6.45, 7) is 10.1. The zero-order valence-electron chi connectivity index (χ0n) is 9.96. The van der Waals surface area contributed by atoms with Crippen LogP contribution in [0.15, 0.2) is 12.1 Å². The summed E-state index contributed by atoms with van der Waals surface area (Å²) in [6.07, 6.45) is 0. The Morgan fingerprint density at radius 2 is 2.19 bits per heavy atom. The monoisotopic (exact) mass is 239 g/mol. The van der Waals surface area contributed by atoms with Crippen LogP contribution in [0.1, 0.15) is 9.75 Å². The predicted octanol–water partition coefficient (Wildman–Crippen LogP) is 1.05. The summed E-state index contributed by atoms with van der Waals surface area (Å²) >= 11 is 1.89. The molecule has 3 nitrogen and oxygen atoms in total. The molecule has 0 atom stereocenters. The Labute approximate surface area is 102 Å². The van der Waals surface area contributed by atoms with Crippen LogP contribution in [0.4, 0.5) is 0 Å². The molecular weight excluding hydrogens is 218 g/mol. The number of nitrogens with one attached hydrogen (secondary N) is 2. The van der Waals surface area contributed by atoms with Crippen molar-refractivity contribution in [2.24, 2.45) is 0 Å². The van der Waals surface area contributed by atoms with Crippen LogP contribution >= 0.6 is 11.3 Å². The van der Waals surface area contributed by atoms with E-state index < -0.39 is 0 Å². The molecule has 1 aliphatic rings. The van der Waals surface area contributed by atoms with E-state index in [0.29, 0.717) is 0 Å². The summed E-state index contributed by atoms with van der Waals surface area (Å²) in [4.78, 5) is 5.36. The van der Waals surface area contributed by atoms with Gasteiger partial charge in [0.1, 0.15) is 0 Å². The summed E-state index contributed by atoms with van der Waals surface area (Å²) in [5.74, 6) is 0. The van der Waals surface area contributed by atoms with Crippen LogP contribution in [0.5, 0.6) is 0 Å². The molecule has 1 aliphatic heterocycles. The van der Waals surface area contributed by atoms with E-state index in [0.717, 1.165) is 26.2 Å². The topological polar surface area (TPSA) is 27.3 Å². The van der Waals surface area contributed by atoms with Crippen LogP contribution in [-0.2, 0) is 6.54 Å². The van der Waals surface area contributed by atoms with Gasteiger partial charge < -0.3 is 10.6 Å². The van der Waals surface area contributed by atoms with E-state index in [-0.39, 0.29) is 0 Å². The highest BCUT2D eigenvalue weighted by molar-refractivity contribution is 7.11. The summed E-state index contributed by atoms with van der Waals surface area (Å²) < 4.78 is 0. The van der Waals surface area contributed by atoms with Crippen LogP contribution in [0.2, 0.25) is 0 Å². The van der Waals surface area contributed by atoms with E-state index in [2.05, 4.69) is 34.6 Å². The maximum atomic E-state index is 3.51. The molecule has 2 rings (SSSR count). The van der Waals surface area contributed by atoms with Crippen molar-refractivity contribution >= 4 is 11.3 Å². The van der Waals surface area contributed by atoms with Crippen molar-refractivity contribution in [2.45, 2.75) is 13.5 Å². The molecule has 16 heavy (non-hydrogen) atoms. The highest BCUT2D eigenvalue weighted by atomic mass is 32.1. The number of thiophene rings is 1. The number of rotatable bonds is 5. The summed E-state index contributed by atoms with van der Waals surface area (Å²) in [5, 5.41) is 6.88. The van der Waals surface area contributed by atoms with Crippen molar-refractivity contribution in [2.75, 3.05) is 39.3 Å². The van der Waals surface area contributed by atoms with Gasteiger partial charge in [-0.1, -0.05) is 0 Å². The zero-order valence-corrected chi connectivity index (χ0v) is 10.8. The second kappa shape index (κ2) is 6.35. The number of hydrogen-bond donors (Lipinski definition) is 2. The minimum Gasteiger partial charge on any atom is -0.314 e. The van der Waals surface area contributed by atoms with Crippen molar-refractivity contribution < 1.29 is 0 Å². The number of nitrogens with zero attached hydrogens (tertiary/aromatic N) is 1. The Balaban J connectivity index is 1.57.